The predicted molar refractivity (Wildman–Crippen MR) is 94.5 cm³/mol. The first kappa shape index (κ1) is 15.3. The van der Waals surface area contributed by atoms with Gasteiger partial charge in [-0.25, -0.2) is 0 Å². The Morgan fingerprint density at radius 3 is 2.39 bits per heavy atom. The molecule has 1 heterocycles. The lowest BCUT2D eigenvalue weighted by molar-refractivity contribution is 0.372. The number of aromatic nitrogens is 2. The molecular formula is C19H21N3O. The molecule has 4 heteroatoms. The van der Waals surface area contributed by atoms with Crippen LogP contribution in [0.15, 0.2) is 65.6 Å². The minimum absolute atomic E-state index is 0.0473. The normalized spacial score (nSPS) is 11.1. The second kappa shape index (κ2) is 6.67. The first-order valence-electron chi connectivity index (χ1n) is 7.73. The van der Waals surface area contributed by atoms with E-state index in [1.54, 1.807) is 0 Å². The lowest BCUT2D eigenvalue weighted by atomic mass is 10.0. The maximum Gasteiger partial charge on any atom is 0.271 e. The maximum atomic E-state index is 12.2. The molecule has 0 aliphatic rings. The lowest BCUT2D eigenvalue weighted by Gasteiger charge is -2.09. The zero-order chi connectivity index (χ0) is 16.2. The van der Waals surface area contributed by atoms with Gasteiger partial charge in [-0.3, -0.25) is 14.6 Å². The molecule has 0 unspecified atom stereocenters. The van der Waals surface area contributed by atoms with Crippen LogP contribution in [-0.2, 0) is 6.54 Å². The highest BCUT2D eigenvalue weighted by molar-refractivity contribution is 5.72. The highest BCUT2D eigenvalue weighted by Crippen LogP contribution is 2.24. The van der Waals surface area contributed by atoms with Crippen LogP contribution in [0.2, 0.25) is 0 Å². The summed E-state index contributed by atoms with van der Waals surface area (Å²) in [6, 6.07) is 18.3. The van der Waals surface area contributed by atoms with Crippen molar-refractivity contribution >= 4 is 0 Å². The number of nitrogens with zero attached hydrogens (tertiary/aromatic N) is 2. The van der Waals surface area contributed by atoms with Crippen molar-refractivity contribution in [2.24, 2.45) is 0 Å². The molecule has 1 aromatic heterocycles. The fourth-order valence-electron chi connectivity index (χ4n) is 2.57. The zero-order valence-corrected chi connectivity index (χ0v) is 13.5. The number of likely N-dealkylation sites (N-methyl/N-ethyl adjacent to an activating group) is 1. The van der Waals surface area contributed by atoms with Crippen molar-refractivity contribution in [1.29, 1.82) is 0 Å². The first-order chi connectivity index (χ1) is 11.1. The third kappa shape index (κ3) is 3.60. The van der Waals surface area contributed by atoms with E-state index in [-0.39, 0.29) is 5.56 Å². The monoisotopic (exact) mass is 307 g/mol. The average molecular weight is 307 g/mol. The molecule has 118 valence electrons. The van der Waals surface area contributed by atoms with Crippen LogP contribution < -0.4 is 5.56 Å². The van der Waals surface area contributed by atoms with E-state index in [2.05, 4.69) is 34.3 Å². The zero-order valence-electron chi connectivity index (χ0n) is 13.5. The third-order valence-electron chi connectivity index (χ3n) is 3.84. The summed E-state index contributed by atoms with van der Waals surface area (Å²) in [5.74, 6) is 0. The third-order valence-corrected chi connectivity index (χ3v) is 3.84. The van der Waals surface area contributed by atoms with E-state index in [0.29, 0.717) is 5.56 Å². The summed E-state index contributed by atoms with van der Waals surface area (Å²) in [6.45, 7) is 1.65. The van der Waals surface area contributed by atoms with Gasteiger partial charge in [0.25, 0.3) is 5.56 Å². The molecule has 0 fully saturated rings. The number of H-pyrrole nitrogens is 1. The first-order valence-corrected chi connectivity index (χ1v) is 7.73. The molecule has 0 radical (unpaired) electrons. The molecule has 4 nitrogen and oxygen atoms in total. The summed E-state index contributed by atoms with van der Waals surface area (Å²) in [6.07, 6.45) is 1.90. The Hall–Kier alpha value is -2.59. The van der Waals surface area contributed by atoms with Gasteiger partial charge < -0.3 is 4.90 Å². The van der Waals surface area contributed by atoms with Crippen molar-refractivity contribution in [2.75, 3.05) is 20.6 Å². The number of hydrogen-bond donors (Lipinski definition) is 1. The molecule has 0 saturated heterocycles. The van der Waals surface area contributed by atoms with Gasteiger partial charge >= 0.3 is 0 Å². The fraction of sp³-hybridized carbons (Fsp3) is 0.211. The van der Waals surface area contributed by atoms with Gasteiger partial charge in [-0.05, 0) is 36.9 Å². The molecule has 0 atom stereocenters. The predicted octanol–water partition coefficient (Wildman–Crippen LogP) is 3.07. The molecule has 0 amide bonds. The fourth-order valence-corrected chi connectivity index (χ4v) is 2.57. The average Bonchev–Trinajstić information content (AvgIpc) is 2.95. The number of rotatable bonds is 5. The SMILES string of the molecule is CN(C)CCn1cc(-c2cccc(-c3ccccc3)c2)c(=O)[nH]1. The van der Waals surface area contributed by atoms with Crippen molar-refractivity contribution in [3.05, 3.63) is 71.1 Å². The Bertz CT molecular complexity index is 831. The van der Waals surface area contributed by atoms with Crippen LogP contribution in [0.5, 0.6) is 0 Å². The van der Waals surface area contributed by atoms with E-state index in [0.717, 1.165) is 29.8 Å². The quantitative estimate of drug-likeness (QED) is 0.787. The van der Waals surface area contributed by atoms with Gasteiger partial charge in [0.05, 0.1) is 12.1 Å². The van der Waals surface area contributed by atoms with E-state index in [1.165, 1.54) is 0 Å². The summed E-state index contributed by atoms with van der Waals surface area (Å²) < 4.78 is 1.85. The Labute approximate surface area is 136 Å². The van der Waals surface area contributed by atoms with Gasteiger partial charge in [-0.2, -0.15) is 0 Å². The number of benzene rings is 2. The molecule has 3 aromatic rings. The molecule has 1 N–H and O–H groups in total. The van der Waals surface area contributed by atoms with Gasteiger partial charge in [0, 0.05) is 12.7 Å². The molecule has 0 bridgehead atoms. The summed E-state index contributed by atoms with van der Waals surface area (Å²) in [5, 5.41) is 2.89. The van der Waals surface area contributed by atoms with E-state index in [1.807, 2.05) is 55.3 Å². The summed E-state index contributed by atoms with van der Waals surface area (Å²) in [5.41, 5.74) is 3.87. The van der Waals surface area contributed by atoms with Gasteiger partial charge in [0.15, 0.2) is 0 Å². The molecule has 0 aliphatic carbocycles. The highest BCUT2D eigenvalue weighted by atomic mass is 16.1. The minimum Gasteiger partial charge on any atom is -0.308 e. The second-order valence-electron chi connectivity index (χ2n) is 5.93. The number of aromatic amines is 1. The van der Waals surface area contributed by atoms with Crippen LogP contribution in [0.4, 0.5) is 0 Å². The van der Waals surface area contributed by atoms with Crippen LogP contribution in [0.25, 0.3) is 22.3 Å². The van der Waals surface area contributed by atoms with Crippen molar-refractivity contribution in [3.8, 4) is 22.3 Å². The van der Waals surface area contributed by atoms with E-state index < -0.39 is 0 Å². The summed E-state index contributed by atoms with van der Waals surface area (Å²) >= 11 is 0. The van der Waals surface area contributed by atoms with Gasteiger partial charge in [-0.1, -0.05) is 48.5 Å². The smallest absolute Gasteiger partial charge is 0.271 e. The summed E-state index contributed by atoms with van der Waals surface area (Å²) in [4.78, 5) is 14.3. The molecule has 0 spiro atoms. The minimum atomic E-state index is -0.0473. The number of nitrogens with one attached hydrogen (secondary N) is 1. The Balaban J connectivity index is 1.92. The molecule has 23 heavy (non-hydrogen) atoms. The molecule has 0 saturated carbocycles. The Morgan fingerprint density at radius 1 is 0.957 bits per heavy atom. The van der Waals surface area contributed by atoms with Crippen LogP contribution in [-0.4, -0.2) is 35.3 Å². The van der Waals surface area contributed by atoms with Crippen LogP contribution in [0.3, 0.4) is 0 Å². The van der Waals surface area contributed by atoms with Gasteiger partial charge in [-0.15, -0.1) is 0 Å². The maximum absolute atomic E-state index is 12.2. The van der Waals surface area contributed by atoms with Gasteiger partial charge in [0.2, 0.25) is 0 Å². The van der Waals surface area contributed by atoms with Crippen LogP contribution >= 0.6 is 0 Å². The second-order valence-corrected chi connectivity index (χ2v) is 5.93. The summed E-state index contributed by atoms with van der Waals surface area (Å²) in [7, 11) is 4.04. The van der Waals surface area contributed by atoms with Crippen LogP contribution in [0.1, 0.15) is 0 Å². The van der Waals surface area contributed by atoms with Crippen molar-refractivity contribution in [1.82, 2.24) is 14.7 Å². The van der Waals surface area contributed by atoms with E-state index in [4.69, 9.17) is 0 Å². The molecule has 0 aliphatic heterocycles. The number of hydrogen-bond acceptors (Lipinski definition) is 2. The molecule has 2 aromatic carbocycles. The lowest BCUT2D eigenvalue weighted by Crippen LogP contribution is -2.19. The molecular weight excluding hydrogens is 286 g/mol. The highest BCUT2D eigenvalue weighted by Gasteiger charge is 2.08. The Morgan fingerprint density at radius 2 is 1.65 bits per heavy atom. The van der Waals surface area contributed by atoms with Gasteiger partial charge in [0.1, 0.15) is 0 Å². The van der Waals surface area contributed by atoms with E-state index >= 15 is 0 Å². The van der Waals surface area contributed by atoms with Crippen LogP contribution in [0, 0.1) is 0 Å². The van der Waals surface area contributed by atoms with Crippen molar-refractivity contribution < 1.29 is 0 Å². The molecule has 3 rings (SSSR count). The standard InChI is InChI=1S/C19H21N3O/c1-21(2)11-12-22-14-18(19(23)20-22)17-10-6-9-16(13-17)15-7-4-3-5-8-15/h3-10,13-14H,11-12H2,1-2H3,(H,20,23). The van der Waals surface area contributed by atoms with Crippen molar-refractivity contribution in [2.45, 2.75) is 6.54 Å². The largest absolute Gasteiger partial charge is 0.308 e. The van der Waals surface area contributed by atoms with E-state index in [9.17, 15) is 4.79 Å². The van der Waals surface area contributed by atoms with Crippen molar-refractivity contribution in [3.63, 3.8) is 0 Å². The Kier molecular flexibility index (Phi) is 4.44. The topological polar surface area (TPSA) is 41.0 Å².